The summed E-state index contributed by atoms with van der Waals surface area (Å²) in [6.45, 7) is 12.1. The summed E-state index contributed by atoms with van der Waals surface area (Å²) in [7, 11) is 0. The molecule has 0 radical (unpaired) electrons. The van der Waals surface area contributed by atoms with Crippen LogP contribution in [0.2, 0.25) is 0 Å². The van der Waals surface area contributed by atoms with E-state index in [1.165, 1.54) is 78.0 Å². The summed E-state index contributed by atoms with van der Waals surface area (Å²) in [4.78, 5) is 2.58. The van der Waals surface area contributed by atoms with Gasteiger partial charge in [-0.3, -0.25) is 0 Å². The highest BCUT2D eigenvalue weighted by Gasteiger charge is 2.48. The van der Waals surface area contributed by atoms with Crippen LogP contribution in [0.3, 0.4) is 0 Å². The van der Waals surface area contributed by atoms with Crippen LogP contribution in [0.1, 0.15) is 55.5 Å². The Hall–Kier alpha value is -5.66. The number of hydrogen-bond donors (Lipinski definition) is 0. The van der Waals surface area contributed by atoms with Crippen LogP contribution in [-0.2, 0) is 10.8 Å². The molecule has 1 heteroatoms. The molecule has 0 N–H and O–H groups in total. The Bertz CT molecular complexity index is 2330. The number of anilines is 3. The summed E-state index contributed by atoms with van der Waals surface area (Å²) in [6.07, 6.45) is 0. The van der Waals surface area contributed by atoms with Crippen LogP contribution in [0.4, 0.5) is 17.1 Å². The largest absolute Gasteiger partial charge is 0.310 e. The second-order valence-corrected chi connectivity index (χ2v) is 15.0. The Morgan fingerprint density at radius 2 is 0.840 bits per heavy atom. The first kappa shape index (κ1) is 30.4. The molecule has 0 amide bonds. The molecule has 1 nitrogen and oxygen atoms in total. The Kier molecular flexibility index (Phi) is 6.80. The van der Waals surface area contributed by atoms with Crippen molar-refractivity contribution in [2.24, 2.45) is 0 Å². The van der Waals surface area contributed by atoms with E-state index in [0.717, 1.165) is 11.4 Å². The maximum absolute atomic E-state index is 2.58. The lowest BCUT2D eigenvalue weighted by molar-refractivity contribution is 0.639. The molecule has 0 saturated carbocycles. The van der Waals surface area contributed by atoms with Crippen LogP contribution in [-0.4, -0.2) is 0 Å². The van der Waals surface area contributed by atoms with Crippen LogP contribution < -0.4 is 4.90 Å². The molecule has 0 bridgehead atoms. The standard InChI is InChI=1S/C49H41N/c1-32-43-39-23-12-14-25-41(39)48(2,3)45(43)47(46-44(32)40-24-13-15-26-42(40)49(46,4)5)50(37-29-27-35(28-30-37)33-17-8-6-9-18-33)38-22-16-21-36(31-38)34-19-10-7-11-20-34/h6-31H,1-5H3. The highest BCUT2D eigenvalue weighted by molar-refractivity contribution is 6.02. The number of hydrogen-bond acceptors (Lipinski definition) is 1. The number of rotatable bonds is 5. The highest BCUT2D eigenvalue weighted by atomic mass is 15.2. The van der Waals surface area contributed by atoms with Gasteiger partial charge in [-0.25, -0.2) is 0 Å². The average Bonchev–Trinajstić information content (AvgIpc) is 3.55. The molecule has 0 spiro atoms. The van der Waals surface area contributed by atoms with Gasteiger partial charge in [-0.15, -0.1) is 0 Å². The molecule has 50 heavy (non-hydrogen) atoms. The molecule has 0 atom stereocenters. The minimum absolute atomic E-state index is 0.217. The summed E-state index contributed by atoms with van der Waals surface area (Å²) >= 11 is 0. The minimum Gasteiger partial charge on any atom is -0.310 e. The molecule has 0 fully saturated rings. The van der Waals surface area contributed by atoms with Gasteiger partial charge in [0.1, 0.15) is 0 Å². The van der Waals surface area contributed by atoms with E-state index >= 15 is 0 Å². The summed E-state index contributed by atoms with van der Waals surface area (Å²) < 4.78 is 0. The first-order chi connectivity index (χ1) is 24.3. The fraction of sp³-hybridized carbons (Fsp3) is 0.143. The molecule has 7 aromatic carbocycles. The molecule has 0 saturated heterocycles. The van der Waals surface area contributed by atoms with Crippen molar-refractivity contribution in [3.8, 4) is 44.5 Å². The van der Waals surface area contributed by atoms with Gasteiger partial charge in [-0.2, -0.15) is 0 Å². The molecule has 9 rings (SSSR count). The van der Waals surface area contributed by atoms with Gasteiger partial charge in [-0.05, 0) is 104 Å². The monoisotopic (exact) mass is 643 g/mol. The molecule has 242 valence electrons. The summed E-state index contributed by atoms with van der Waals surface area (Å²) in [5, 5.41) is 0. The van der Waals surface area contributed by atoms with Gasteiger partial charge < -0.3 is 4.90 Å². The summed E-state index contributed by atoms with van der Waals surface area (Å²) in [6, 6.07) is 58.0. The molecule has 2 aliphatic rings. The maximum Gasteiger partial charge on any atom is 0.0555 e. The highest BCUT2D eigenvalue weighted by Crippen LogP contribution is 2.64. The SMILES string of the molecule is Cc1c2c(c(N(c3ccc(-c4ccccc4)cc3)c3cccc(-c4ccccc4)c3)c3c1-c1ccccc1C3(C)C)C(C)(C)c1ccccc1-2. The molecule has 0 unspecified atom stereocenters. The quantitative estimate of drug-likeness (QED) is 0.180. The predicted molar refractivity (Wildman–Crippen MR) is 212 cm³/mol. The zero-order valence-corrected chi connectivity index (χ0v) is 29.5. The summed E-state index contributed by atoms with van der Waals surface area (Å²) in [5.41, 5.74) is 20.5. The lowest BCUT2D eigenvalue weighted by Gasteiger charge is -2.38. The molecule has 2 aliphatic carbocycles. The Balaban J connectivity index is 1.40. The maximum atomic E-state index is 2.58. The molecule has 7 aromatic rings. The van der Waals surface area contributed by atoms with Gasteiger partial charge >= 0.3 is 0 Å². The van der Waals surface area contributed by atoms with Crippen molar-refractivity contribution in [1.82, 2.24) is 0 Å². The molecular weight excluding hydrogens is 603 g/mol. The Labute approximate surface area is 296 Å². The Morgan fingerprint density at radius 3 is 1.38 bits per heavy atom. The predicted octanol–water partition coefficient (Wildman–Crippen LogP) is 13.4. The van der Waals surface area contributed by atoms with E-state index in [0.29, 0.717) is 0 Å². The second-order valence-electron chi connectivity index (χ2n) is 15.0. The lowest BCUT2D eigenvalue weighted by atomic mass is 9.74. The third-order valence-electron chi connectivity index (χ3n) is 11.4. The number of nitrogens with zero attached hydrogens (tertiary/aromatic N) is 1. The van der Waals surface area contributed by atoms with E-state index in [1.807, 2.05) is 0 Å². The van der Waals surface area contributed by atoms with E-state index in [2.05, 4.69) is 197 Å². The van der Waals surface area contributed by atoms with Crippen molar-refractivity contribution in [3.63, 3.8) is 0 Å². The third-order valence-corrected chi connectivity index (χ3v) is 11.4. The number of benzene rings is 7. The zero-order valence-electron chi connectivity index (χ0n) is 29.5. The van der Waals surface area contributed by atoms with Gasteiger partial charge in [0, 0.05) is 22.2 Å². The fourth-order valence-electron chi connectivity index (χ4n) is 9.03. The van der Waals surface area contributed by atoms with Crippen LogP contribution in [0, 0.1) is 6.92 Å². The van der Waals surface area contributed by atoms with Crippen molar-refractivity contribution < 1.29 is 0 Å². The summed E-state index contributed by atoms with van der Waals surface area (Å²) in [5.74, 6) is 0. The minimum atomic E-state index is -0.217. The first-order valence-corrected chi connectivity index (χ1v) is 17.8. The third kappa shape index (κ3) is 4.39. The van der Waals surface area contributed by atoms with Gasteiger partial charge in [0.25, 0.3) is 0 Å². The van der Waals surface area contributed by atoms with Crippen LogP contribution in [0.15, 0.2) is 158 Å². The van der Waals surface area contributed by atoms with Crippen molar-refractivity contribution in [2.45, 2.75) is 45.4 Å². The van der Waals surface area contributed by atoms with E-state index in [9.17, 15) is 0 Å². The normalized spacial score (nSPS) is 14.4. The molecule has 0 aromatic heterocycles. The van der Waals surface area contributed by atoms with Crippen molar-refractivity contribution in [3.05, 3.63) is 186 Å². The Morgan fingerprint density at radius 1 is 0.400 bits per heavy atom. The molecule has 0 heterocycles. The second kappa shape index (κ2) is 11.2. The van der Waals surface area contributed by atoms with E-state index in [1.54, 1.807) is 0 Å². The van der Waals surface area contributed by atoms with Gasteiger partial charge in [0.2, 0.25) is 0 Å². The zero-order chi connectivity index (χ0) is 34.2. The first-order valence-electron chi connectivity index (χ1n) is 17.8. The van der Waals surface area contributed by atoms with Crippen LogP contribution >= 0.6 is 0 Å². The van der Waals surface area contributed by atoms with Gasteiger partial charge in [0.05, 0.1) is 5.69 Å². The molecular formula is C49H41N. The number of fused-ring (bicyclic) bond motifs is 6. The van der Waals surface area contributed by atoms with E-state index < -0.39 is 0 Å². The van der Waals surface area contributed by atoms with Crippen molar-refractivity contribution in [2.75, 3.05) is 4.90 Å². The van der Waals surface area contributed by atoms with E-state index in [-0.39, 0.29) is 10.8 Å². The smallest absolute Gasteiger partial charge is 0.0555 e. The molecule has 0 aliphatic heterocycles. The van der Waals surface area contributed by atoms with Crippen LogP contribution in [0.25, 0.3) is 44.5 Å². The van der Waals surface area contributed by atoms with Crippen molar-refractivity contribution >= 4 is 17.1 Å². The van der Waals surface area contributed by atoms with E-state index in [4.69, 9.17) is 0 Å². The fourth-order valence-corrected chi connectivity index (χ4v) is 9.03. The lowest BCUT2D eigenvalue weighted by Crippen LogP contribution is -2.26. The van der Waals surface area contributed by atoms with Gasteiger partial charge in [-0.1, -0.05) is 161 Å². The van der Waals surface area contributed by atoms with Crippen molar-refractivity contribution in [1.29, 1.82) is 0 Å². The topological polar surface area (TPSA) is 3.24 Å². The van der Waals surface area contributed by atoms with Gasteiger partial charge in [0.15, 0.2) is 0 Å². The average molecular weight is 644 g/mol. The van der Waals surface area contributed by atoms with Crippen LogP contribution in [0.5, 0.6) is 0 Å².